The number of esters is 1. The maximum absolute atomic E-state index is 12.9. The summed E-state index contributed by atoms with van der Waals surface area (Å²) in [6.07, 6.45) is 2.51. The molecule has 1 aliphatic heterocycles. The van der Waals surface area contributed by atoms with E-state index in [1.165, 1.54) is 41.6 Å². The maximum Gasteiger partial charge on any atom is 0.338 e. The summed E-state index contributed by atoms with van der Waals surface area (Å²) in [5.74, 6) is -1.51. The second-order valence-electron chi connectivity index (χ2n) is 7.37. The lowest BCUT2D eigenvalue weighted by molar-refractivity contribution is -0.114. The smallest absolute Gasteiger partial charge is 0.338 e. The summed E-state index contributed by atoms with van der Waals surface area (Å²) < 4.78 is 32.3. The first-order valence-electron chi connectivity index (χ1n) is 10.1. The van der Waals surface area contributed by atoms with E-state index in [4.69, 9.17) is 16.3 Å². The van der Waals surface area contributed by atoms with E-state index < -0.39 is 28.4 Å². The summed E-state index contributed by atoms with van der Waals surface area (Å²) in [4.78, 5) is 35.7. The third kappa shape index (κ3) is 5.73. The number of hydrogen-bond donors (Lipinski definition) is 1. The van der Waals surface area contributed by atoms with E-state index in [9.17, 15) is 22.8 Å². The number of ketones is 1. The topological polar surface area (TPSA) is 110 Å². The number of piperidine rings is 1. The zero-order valence-corrected chi connectivity index (χ0v) is 19.0. The van der Waals surface area contributed by atoms with E-state index in [-0.39, 0.29) is 21.4 Å². The molecular weight excluding hydrogens is 456 g/mol. The molecule has 1 saturated heterocycles. The Balaban J connectivity index is 1.68. The molecule has 1 fully saturated rings. The number of anilines is 1. The molecule has 0 spiro atoms. The van der Waals surface area contributed by atoms with Crippen molar-refractivity contribution < 1.29 is 27.5 Å². The van der Waals surface area contributed by atoms with Crippen LogP contribution in [0.5, 0.6) is 0 Å². The quantitative estimate of drug-likeness (QED) is 0.481. The molecule has 2 aromatic rings. The maximum atomic E-state index is 12.9. The monoisotopic (exact) mass is 478 g/mol. The molecule has 0 radical (unpaired) electrons. The molecule has 1 aliphatic rings. The Labute approximate surface area is 191 Å². The highest BCUT2D eigenvalue weighted by Gasteiger charge is 2.29. The molecule has 32 heavy (non-hydrogen) atoms. The number of hydrogen-bond acceptors (Lipinski definition) is 6. The average molecular weight is 479 g/mol. The third-order valence-corrected chi connectivity index (χ3v) is 7.34. The van der Waals surface area contributed by atoms with Gasteiger partial charge in [0.05, 0.1) is 10.6 Å². The Morgan fingerprint density at radius 1 is 1.00 bits per heavy atom. The van der Waals surface area contributed by atoms with Gasteiger partial charge >= 0.3 is 5.97 Å². The highest BCUT2D eigenvalue weighted by molar-refractivity contribution is 7.89. The van der Waals surface area contributed by atoms with Crippen molar-refractivity contribution in [2.75, 3.05) is 25.0 Å². The molecule has 0 unspecified atom stereocenters. The number of rotatable bonds is 7. The molecule has 1 amide bonds. The predicted molar refractivity (Wildman–Crippen MR) is 119 cm³/mol. The molecule has 1 N–H and O–H groups in total. The van der Waals surface area contributed by atoms with Gasteiger partial charge in [-0.25, -0.2) is 13.2 Å². The highest BCUT2D eigenvalue weighted by Crippen LogP contribution is 2.28. The standard InChI is InChI=1S/C22H23ClN2O6S/c1-15(26)24-18-8-5-16(6-9-18)20(27)14-31-22(28)17-7-10-19(23)21(13-17)32(29,30)25-11-3-2-4-12-25/h5-10,13H,2-4,11-12,14H2,1H3,(H,24,26). The van der Waals surface area contributed by atoms with Gasteiger partial charge in [-0.05, 0) is 55.3 Å². The molecule has 0 aliphatic carbocycles. The van der Waals surface area contributed by atoms with E-state index in [1.807, 2.05) is 0 Å². The van der Waals surface area contributed by atoms with E-state index in [1.54, 1.807) is 12.1 Å². The van der Waals surface area contributed by atoms with Gasteiger partial charge in [0, 0.05) is 31.3 Å². The molecular formula is C22H23ClN2O6S. The normalized spacial score (nSPS) is 14.6. The fraction of sp³-hybridized carbons (Fsp3) is 0.318. The van der Waals surface area contributed by atoms with Crippen molar-refractivity contribution in [3.63, 3.8) is 0 Å². The molecule has 2 aromatic carbocycles. The van der Waals surface area contributed by atoms with Gasteiger partial charge in [-0.2, -0.15) is 4.31 Å². The van der Waals surface area contributed by atoms with Gasteiger partial charge in [0.1, 0.15) is 4.90 Å². The van der Waals surface area contributed by atoms with Crippen LogP contribution in [-0.4, -0.2) is 50.1 Å². The van der Waals surface area contributed by atoms with Crippen LogP contribution in [0.1, 0.15) is 46.9 Å². The molecule has 8 nitrogen and oxygen atoms in total. The number of sulfonamides is 1. The summed E-state index contributed by atoms with van der Waals surface area (Å²) in [6, 6.07) is 10.0. The Hall–Kier alpha value is -2.75. The van der Waals surface area contributed by atoms with Crippen molar-refractivity contribution >= 4 is 45.0 Å². The lowest BCUT2D eigenvalue weighted by Crippen LogP contribution is -2.35. The van der Waals surface area contributed by atoms with Gasteiger partial charge in [0.15, 0.2) is 12.4 Å². The summed E-state index contributed by atoms with van der Waals surface area (Å²) in [5, 5.41) is 2.61. The molecule has 170 valence electrons. The minimum absolute atomic E-state index is 0.0150. The number of benzene rings is 2. The van der Waals surface area contributed by atoms with Gasteiger partial charge in [0.2, 0.25) is 15.9 Å². The van der Waals surface area contributed by atoms with Crippen LogP contribution in [0.15, 0.2) is 47.4 Å². The van der Waals surface area contributed by atoms with Crippen LogP contribution >= 0.6 is 11.6 Å². The van der Waals surface area contributed by atoms with Crippen LogP contribution in [0.2, 0.25) is 5.02 Å². The van der Waals surface area contributed by atoms with Crippen molar-refractivity contribution in [3.05, 3.63) is 58.6 Å². The molecule has 0 saturated carbocycles. The molecule has 3 rings (SSSR count). The van der Waals surface area contributed by atoms with E-state index in [0.29, 0.717) is 24.3 Å². The Bertz CT molecular complexity index is 1130. The SMILES string of the molecule is CC(=O)Nc1ccc(C(=O)COC(=O)c2ccc(Cl)c(S(=O)(=O)N3CCCCC3)c2)cc1. The number of Topliss-reactive ketones (excluding diaryl/α,β-unsaturated/α-hetero) is 1. The molecule has 0 bridgehead atoms. The number of nitrogens with zero attached hydrogens (tertiary/aromatic N) is 1. The van der Waals surface area contributed by atoms with E-state index >= 15 is 0 Å². The lowest BCUT2D eigenvalue weighted by Gasteiger charge is -2.26. The summed E-state index contributed by atoms with van der Waals surface area (Å²) in [6.45, 7) is 1.67. The fourth-order valence-electron chi connectivity index (χ4n) is 3.31. The van der Waals surface area contributed by atoms with Crippen LogP contribution in [0, 0.1) is 0 Å². The third-order valence-electron chi connectivity index (χ3n) is 4.96. The molecule has 1 heterocycles. The van der Waals surface area contributed by atoms with Gasteiger partial charge in [-0.3, -0.25) is 9.59 Å². The fourth-order valence-corrected chi connectivity index (χ4v) is 5.33. The Morgan fingerprint density at radius 3 is 2.25 bits per heavy atom. The van der Waals surface area contributed by atoms with Gasteiger partial charge < -0.3 is 10.1 Å². The first-order valence-corrected chi connectivity index (χ1v) is 11.9. The largest absolute Gasteiger partial charge is 0.454 e. The van der Waals surface area contributed by atoms with Crippen molar-refractivity contribution in [1.82, 2.24) is 4.31 Å². The molecule has 0 atom stereocenters. The van der Waals surface area contributed by atoms with Gasteiger partial charge in [-0.1, -0.05) is 18.0 Å². The van der Waals surface area contributed by atoms with Crippen LogP contribution in [0.25, 0.3) is 0 Å². The van der Waals surface area contributed by atoms with Crippen molar-refractivity contribution in [3.8, 4) is 0 Å². The minimum Gasteiger partial charge on any atom is -0.454 e. The number of carbonyl (C=O) groups excluding carboxylic acids is 3. The van der Waals surface area contributed by atoms with Gasteiger partial charge in [0.25, 0.3) is 0 Å². The van der Waals surface area contributed by atoms with E-state index in [0.717, 1.165) is 19.3 Å². The van der Waals surface area contributed by atoms with Crippen molar-refractivity contribution in [2.24, 2.45) is 0 Å². The summed E-state index contributed by atoms with van der Waals surface area (Å²) in [7, 11) is -3.84. The number of ether oxygens (including phenoxy) is 1. The number of amides is 1. The highest BCUT2D eigenvalue weighted by atomic mass is 35.5. The molecule has 10 heteroatoms. The second kappa shape index (κ2) is 10.2. The van der Waals surface area contributed by atoms with Crippen molar-refractivity contribution in [2.45, 2.75) is 31.1 Å². The van der Waals surface area contributed by atoms with Crippen LogP contribution < -0.4 is 5.32 Å². The summed E-state index contributed by atoms with van der Waals surface area (Å²) >= 11 is 6.12. The number of carbonyl (C=O) groups is 3. The lowest BCUT2D eigenvalue weighted by atomic mass is 10.1. The van der Waals surface area contributed by atoms with E-state index in [2.05, 4.69) is 5.32 Å². The summed E-state index contributed by atoms with van der Waals surface area (Å²) in [5.41, 5.74) is 0.824. The van der Waals surface area contributed by atoms with Crippen LogP contribution in [0.3, 0.4) is 0 Å². The van der Waals surface area contributed by atoms with Crippen LogP contribution in [0.4, 0.5) is 5.69 Å². The first-order chi connectivity index (χ1) is 15.2. The van der Waals surface area contributed by atoms with Crippen LogP contribution in [-0.2, 0) is 19.6 Å². The predicted octanol–water partition coefficient (Wildman–Crippen LogP) is 3.51. The number of halogens is 1. The zero-order valence-electron chi connectivity index (χ0n) is 17.5. The number of nitrogens with one attached hydrogen (secondary N) is 1. The van der Waals surface area contributed by atoms with Gasteiger partial charge in [-0.15, -0.1) is 0 Å². The first kappa shape index (κ1) is 23.9. The average Bonchev–Trinajstić information content (AvgIpc) is 2.78. The Kier molecular flexibility index (Phi) is 7.65. The van der Waals surface area contributed by atoms with Crippen molar-refractivity contribution in [1.29, 1.82) is 0 Å². The minimum atomic E-state index is -3.84. The Morgan fingerprint density at radius 2 is 1.62 bits per heavy atom. The second-order valence-corrected chi connectivity index (χ2v) is 9.68. The molecule has 0 aromatic heterocycles. The zero-order chi connectivity index (χ0) is 23.3.